The van der Waals surface area contributed by atoms with Crippen molar-refractivity contribution in [3.05, 3.63) is 111 Å². The van der Waals surface area contributed by atoms with E-state index in [2.05, 4.69) is 0 Å². The molecule has 43 heavy (non-hydrogen) atoms. The molecule has 4 atom stereocenters. The molecule has 2 heterocycles. The summed E-state index contributed by atoms with van der Waals surface area (Å²) < 4.78 is 20.4. The summed E-state index contributed by atoms with van der Waals surface area (Å²) in [5.74, 6) is -3.09. The Balaban J connectivity index is 1.27. The van der Waals surface area contributed by atoms with Gasteiger partial charge >= 0.3 is 0 Å². The fourth-order valence-electron chi connectivity index (χ4n) is 6.86. The number of hydrogen-bond donors (Lipinski definition) is 1. The number of carbonyl (C=O) groups is 2. The van der Waals surface area contributed by atoms with Crippen LogP contribution in [0.2, 0.25) is 0 Å². The van der Waals surface area contributed by atoms with Gasteiger partial charge in [-0.2, -0.15) is 0 Å². The highest BCUT2D eigenvalue weighted by atomic mass is 19.1. The molecule has 1 N–H and O–H groups in total. The normalized spacial score (nSPS) is 23.5. The fraction of sp³-hybridized carbons (Fsp3) is 0.294. The molecule has 220 valence electrons. The number of aromatic hydroxyl groups is 1. The summed E-state index contributed by atoms with van der Waals surface area (Å²) in [6.45, 7) is 2.36. The lowest BCUT2D eigenvalue weighted by atomic mass is 9.69. The number of amides is 2. The molecule has 2 aliphatic heterocycles. The van der Waals surface area contributed by atoms with E-state index in [1.54, 1.807) is 12.1 Å². The molecule has 0 unspecified atom stereocenters. The molecule has 2 amide bonds. The first-order chi connectivity index (χ1) is 20.8. The number of halogens is 1. The van der Waals surface area contributed by atoms with Gasteiger partial charge in [0.1, 0.15) is 0 Å². The van der Waals surface area contributed by atoms with Crippen LogP contribution < -0.4 is 4.90 Å². The van der Waals surface area contributed by atoms with E-state index in [1.165, 1.54) is 30.3 Å². The van der Waals surface area contributed by atoms with Gasteiger partial charge in [0, 0.05) is 18.1 Å². The summed E-state index contributed by atoms with van der Waals surface area (Å²) in [4.78, 5) is 39.3. The van der Waals surface area contributed by atoms with Crippen LogP contribution in [-0.4, -0.2) is 34.6 Å². The minimum atomic E-state index is -0.687. The highest BCUT2D eigenvalue weighted by Crippen LogP contribution is 2.51. The topological polar surface area (TPSA) is 110 Å². The van der Waals surface area contributed by atoms with E-state index in [4.69, 9.17) is 4.74 Å². The Hall–Kier alpha value is -4.63. The fourth-order valence-corrected chi connectivity index (χ4v) is 6.86. The minimum absolute atomic E-state index is 0.178. The molecule has 0 spiro atoms. The molecule has 0 radical (unpaired) electrons. The van der Waals surface area contributed by atoms with E-state index >= 15 is 0 Å². The van der Waals surface area contributed by atoms with Crippen molar-refractivity contribution in [2.24, 2.45) is 17.8 Å². The third-order valence-electron chi connectivity index (χ3n) is 8.87. The van der Waals surface area contributed by atoms with Crippen molar-refractivity contribution in [2.45, 2.75) is 38.7 Å². The lowest BCUT2D eigenvalue weighted by Crippen LogP contribution is -2.34. The Morgan fingerprint density at radius 2 is 1.86 bits per heavy atom. The molecule has 0 bridgehead atoms. The van der Waals surface area contributed by atoms with E-state index < -0.39 is 28.3 Å². The number of fused-ring (bicyclic) bond motifs is 3. The molecule has 6 rings (SSSR count). The van der Waals surface area contributed by atoms with Crippen LogP contribution in [0.5, 0.6) is 5.75 Å². The zero-order chi connectivity index (χ0) is 30.2. The number of ether oxygens (including phenoxy) is 1. The Morgan fingerprint density at radius 3 is 2.58 bits per heavy atom. The second-order valence-electron chi connectivity index (χ2n) is 11.3. The quantitative estimate of drug-likeness (QED) is 0.104. The Kier molecular flexibility index (Phi) is 7.66. The maximum absolute atomic E-state index is 14.1. The van der Waals surface area contributed by atoms with E-state index in [-0.39, 0.29) is 35.2 Å². The standard InChI is InChI=1S/C34H31FN2O6/c1-2-21-17-26-32(34(40)36(33(26)39)24-9-6-10-25(18-24)37(41)42)27-19-43-30(31(21)27)14-12-23(22-7-4-3-5-8-22)15-20-11-13-29(38)28(35)16-20/h3-11,13,15-16,18,26-27,30,32,38H,2,12,14,17,19H2,1H3/b23-15-/t26-,27+,30-,32-/m1/s1. The number of phenols is 1. The minimum Gasteiger partial charge on any atom is -0.505 e. The van der Waals surface area contributed by atoms with Crippen molar-refractivity contribution >= 4 is 34.8 Å². The first kappa shape index (κ1) is 28.5. The summed E-state index contributed by atoms with van der Waals surface area (Å²) >= 11 is 0. The van der Waals surface area contributed by atoms with Crippen LogP contribution in [0.25, 0.3) is 11.6 Å². The lowest BCUT2D eigenvalue weighted by Gasteiger charge is -2.31. The van der Waals surface area contributed by atoms with Gasteiger partial charge in [0.05, 0.1) is 35.2 Å². The maximum Gasteiger partial charge on any atom is 0.271 e. The number of allylic oxidation sites excluding steroid dienone is 2. The van der Waals surface area contributed by atoms with Crippen molar-refractivity contribution in [2.75, 3.05) is 11.5 Å². The number of non-ortho nitro benzene ring substituents is 1. The van der Waals surface area contributed by atoms with E-state index in [1.807, 2.05) is 43.3 Å². The van der Waals surface area contributed by atoms with Crippen molar-refractivity contribution in [1.82, 2.24) is 0 Å². The van der Waals surface area contributed by atoms with Crippen molar-refractivity contribution in [3.63, 3.8) is 0 Å². The van der Waals surface area contributed by atoms with Crippen LogP contribution in [-0.2, 0) is 14.3 Å². The molecule has 1 aliphatic carbocycles. The molecule has 3 aliphatic rings. The zero-order valence-corrected chi connectivity index (χ0v) is 23.6. The number of carbonyl (C=O) groups excluding carboxylic acids is 2. The van der Waals surface area contributed by atoms with Gasteiger partial charge in [-0.25, -0.2) is 9.29 Å². The van der Waals surface area contributed by atoms with Crippen LogP contribution in [0, 0.1) is 33.7 Å². The monoisotopic (exact) mass is 582 g/mol. The second kappa shape index (κ2) is 11.6. The third-order valence-corrected chi connectivity index (χ3v) is 8.87. The van der Waals surface area contributed by atoms with Gasteiger partial charge in [0.2, 0.25) is 11.8 Å². The molecule has 3 aromatic carbocycles. The summed E-state index contributed by atoms with van der Waals surface area (Å²) in [6, 6.07) is 19.7. The molecule has 2 fully saturated rings. The number of imide groups is 1. The Labute approximate surface area is 248 Å². The molecule has 0 aromatic heterocycles. The first-order valence-corrected chi connectivity index (χ1v) is 14.5. The molecular formula is C34H31FN2O6. The number of nitro benzene ring substituents is 1. The summed E-state index contributed by atoms with van der Waals surface area (Å²) in [6.07, 6.45) is 4.10. The van der Waals surface area contributed by atoms with Gasteiger partial charge in [-0.1, -0.05) is 61.0 Å². The Bertz CT molecular complexity index is 1670. The first-order valence-electron chi connectivity index (χ1n) is 14.5. The predicted molar refractivity (Wildman–Crippen MR) is 159 cm³/mol. The summed E-state index contributed by atoms with van der Waals surface area (Å²) in [5, 5.41) is 21.0. The van der Waals surface area contributed by atoms with Gasteiger partial charge in [-0.3, -0.25) is 19.7 Å². The molecule has 9 heteroatoms. The molecule has 0 saturated carbocycles. The predicted octanol–water partition coefficient (Wildman–Crippen LogP) is 6.69. The molecule has 8 nitrogen and oxygen atoms in total. The lowest BCUT2D eigenvalue weighted by molar-refractivity contribution is -0.384. The van der Waals surface area contributed by atoms with Gasteiger partial charge in [-0.15, -0.1) is 0 Å². The number of nitro groups is 1. The smallest absolute Gasteiger partial charge is 0.271 e. The molecule has 2 saturated heterocycles. The van der Waals surface area contributed by atoms with Crippen LogP contribution in [0.3, 0.4) is 0 Å². The maximum atomic E-state index is 14.1. The van der Waals surface area contributed by atoms with Crippen molar-refractivity contribution in [1.29, 1.82) is 0 Å². The van der Waals surface area contributed by atoms with Crippen molar-refractivity contribution in [3.8, 4) is 5.75 Å². The summed E-state index contributed by atoms with van der Waals surface area (Å²) in [7, 11) is 0. The number of phenolic OH excluding ortho intramolecular Hbond substituents is 1. The highest BCUT2D eigenvalue weighted by molar-refractivity contribution is 6.22. The van der Waals surface area contributed by atoms with Crippen LogP contribution in [0.4, 0.5) is 15.8 Å². The van der Waals surface area contributed by atoms with Crippen LogP contribution in [0.1, 0.15) is 43.7 Å². The SMILES string of the molecule is CCC1=C2[C@@H](CC/C(=C/c3ccc(O)c(F)c3)c3ccccc3)OC[C@@H]2[C@@H]2C(=O)N(c3cccc([N+](=O)[O-])c3)C(=O)[C@@H]2C1. The third kappa shape index (κ3) is 5.25. The van der Waals surface area contributed by atoms with Crippen LogP contribution >= 0.6 is 0 Å². The largest absolute Gasteiger partial charge is 0.505 e. The summed E-state index contributed by atoms with van der Waals surface area (Å²) in [5.41, 5.74) is 4.86. The van der Waals surface area contributed by atoms with Crippen LogP contribution in [0.15, 0.2) is 83.9 Å². The molecular weight excluding hydrogens is 551 g/mol. The average Bonchev–Trinajstić information content (AvgIpc) is 3.55. The number of nitrogens with zero attached hydrogens (tertiary/aromatic N) is 2. The van der Waals surface area contributed by atoms with E-state index in [0.29, 0.717) is 31.4 Å². The van der Waals surface area contributed by atoms with Gasteiger partial charge in [-0.05, 0) is 66.2 Å². The average molecular weight is 583 g/mol. The number of benzene rings is 3. The van der Waals surface area contributed by atoms with Gasteiger partial charge in [0.15, 0.2) is 11.6 Å². The number of rotatable bonds is 8. The van der Waals surface area contributed by atoms with E-state index in [9.17, 15) is 29.2 Å². The van der Waals surface area contributed by atoms with Gasteiger partial charge < -0.3 is 9.84 Å². The Morgan fingerprint density at radius 1 is 1.07 bits per heavy atom. The van der Waals surface area contributed by atoms with Crippen molar-refractivity contribution < 1.29 is 28.7 Å². The second-order valence-corrected chi connectivity index (χ2v) is 11.3. The zero-order valence-electron chi connectivity index (χ0n) is 23.6. The number of hydrogen-bond acceptors (Lipinski definition) is 6. The van der Waals surface area contributed by atoms with Gasteiger partial charge in [0.25, 0.3) is 5.69 Å². The van der Waals surface area contributed by atoms with E-state index in [0.717, 1.165) is 33.6 Å². The molecule has 3 aromatic rings. The highest BCUT2D eigenvalue weighted by Gasteiger charge is 2.57. The number of anilines is 1.